The van der Waals surface area contributed by atoms with Crippen molar-refractivity contribution in [2.24, 2.45) is 0 Å². The lowest BCUT2D eigenvalue weighted by atomic mass is 9.96. The van der Waals surface area contributed by atoms with Gasteiger partial charge in [-0.05, 0) is 43.2 Å². The van der Waals surface area contributed by atoms with Gasteiger partial charge in [-0.1, -0.05) is 18.2 Å². The highest BCUT2D eigenvalue weighted by molar-refractivity contribution is 6.46. The number of benzene rings is 1. The first-order chi connectivity index (χ1) is 17.5. The van der Waals surface area contributed by atoms with Crippen LogP contribution in [0.4, 0.5) is 0 Å². The van der Waals surface area contributed by atoms with Gasteiger partial charge >= 0.3 is 0 Å². The van der Waals surface area contributed by atoms with Crippen LogP contribution in [0.15, 0.2) is 54.2 Å². The second-order valence-electron chi connectivity index (χ2n) is 9.05. The molecular formula is C27H30N4O5. The molecule has 2 fully saturated rings. The minimum atomic E-state index is -0.738. The summed E-state index contributed by atoms with van der Waals surface area (Å²) >= 11 is 0. The van der Waals surface area contributed by atoms with Crippen LogP contribution in [0.2, 0.25) is 0 Å². The van der Waals surface area contributed by atoms with Crippen molar-refractivity contribution in [2.75, 3.05) is 46.5 Å². The number of carbonyl (C=O) groups is 2. The first kappa shape index (κ1) is 24.0. The van der Waals surface area contributed by atoms with E-state index in [1.165, 1.54) is 0 Å². The Hall–Kier alpha value is -3.69. The molecule has 9 nitrogen and oxygen atoms in total. The molecule has 188 valence electrons. The number of carbonyl (C=O) groups excluding carboxylic acids is 2. The van der Waals surface area contributed by atoms with Crippen LogP contribution in [0.25, 0.3) is 11.4 Å². The van der Waals surface area contributed by atoms with Crippen LogP contribution in [0, 0.1) is 6.92 Å². The molecule has 3 aromatic rings. The van der Waals surface area contributed by atoms with E-state index in [-0.39, 0.29) is 11.3 Å². The van der Waals surface area contributed by atoms with Gasteiger partial charge in [0.2, 0.25) is 0 Å². The highest BCUT2D eigenvalue weighted by atomic mass is 16.5. The Balaban J connectivity index is 1.56. The van der Waals surface area contributed by atoms with Crippen molar-refractivity contribution in [3.63, 3.8) is 0 Å². The summed E-state index contributed by atoms with van der Waals surface area (Å²) in [5.41, 5.74) is 2.39. The van der Waals surface area contributed by atoms with Crippen LogP contribution in [-0.2, 0) is 14.3 Å². The van der Waals surface area contributed by atoms with Crippen molar-refractivity contribution in [2.45, 2.75) is 19.4 Å². The fourth-order valence-corrected chi connectivity index (χ4v) is 5.08. The van der Waals surface area contributed by atoms with Crippen LogP contribution in [0.3, 0.4) is 0 Å². The summed E-state index contributed by atoms with van der Waals surface area (Å²) in [5, 5.41) is 11.5. The standard InChI is InChI=1S/C27H30N4O5/c1-18-23(30-11-4-3-9-21(30)28-18)25(32)22-24(19-7-5-8-20(17-19)35-2)31(27(34)26(22)33)12-6-10-29-13-15-36-16-14-29/h3-5,7-9,11,17,24,32H,6,10,12-16H2,1-2H3/t24-/m0/s1. The Labute approximate surface area is 209 Å². The molecule has 1 aromatic carbocycles. The minimum Gasteiger partial charge on any atom is -0.505 e. The van der Waals surface area contributed by atoms with Crippen molar-refractivity contribution < 1.29 is 24.2 Å². The maximum absolute atomic E-state index is 13.4. The summed E-state index contributed by atoms with van der Waals surface area (Å²) in [4.78, 5) is 35.1. The third kappa shape index (κ3) is 4.36. The zero-order valence-electron chi connectivity index (χ0n) is 20.5. The molecule has 4 heterocycles. The van der Waals surface area contributed by atoms with Crippen molar-refractivity contribution in [3.8, 4) is 5.75 Å². The van der Waals surface area contributed by atoms with Gasteiger partial charge in [-0.3, -0.25) is 18.9 Å². The Morgan fingerprint density at radius 3 is 2.72 bits per heavy atom. The topological polar surface area (TPSA) is 96.6 Å². The van der Waals surface area contributed by atoms with Crippen LogP contribution >= 0.6 is 0 Å². The highest BCUT2D eigenvalue weighted by Crippen LogP contribution is 2.40. The van der Waals surface area contributed by atoms with Gasteiger partial charge in [-0.25, -0.2) is 4.98 Å². The molecule has 1 N–H and O–H groups in total. The zero-order valence-corrected chi connectivity index (χ0v) is 20.5. The van der Waals surface area contributed by atoms with Crippen LogP contribution in [0.1, 0.15) is 29.4 Å². The van der Waals surface area contributed by atoms with Crippen LogP contribution < -0.4 is 4.74 Å². The summed E-state index contributed by atoms with van der Waals surface area (Å²) in [6, 6.07) is 12.1. The number of ketones is 1. The van der Waals surface area contributed by atoms with E-state index in [1.807, 2.05) is 36.4 Å². The third-order valence-electron chi connectivity index (χ3n) is 6.86. The Morgan fingerprint density at radius 2 is 1.94 bits per heavy atom. The highest BCUT2D eigenvalue weighted by Gasteiger charge is 2.46. The molecule has 2 saturated heterocycles. The van der Waals surface area contributed by atoms with E-state index < -0.39 is 17.7 Å². The van der Waals surface area contributed by atoms with Gasteiger partial charge in [0.25, 0.3) is 11.7 Å². The molecular weight excluding hydrogens is 460 g/mol. The van der Waals surface area contributed by atoms with Crippen molar-refractivity contribution >= 4 is 23.1 Å². The summed E-state index contributed by atoms with van der Waals surface area (Å²) in [7, 11) is 1.57. The molecule has 0 bridgehead atoms. The molecule has 2 aliphatic rings. The molecule has 0 saturated carbocycles. The normalized spacial score (nSPS) is 20.4. The number of fused-ring (bicyclic) bond motifs is 1. The number of pyridine rings is 1. The quantitative estimate of drug-likeness (QED) is 0.309. The van der Waals surface area contributed by atoms with Crippen molar-refractivity contribution in [1.29, 1.82) is 0 Å². The molecule has 1 amide bonds. The van der Waals surface area contributed by atoms with Crippen molar-refractivity contribution in [1.82, 2.24) is 19.2 Å². The summed E-state index contributed by atoms with van der Waals surface area (Å²) in [5.74, 6) is -0.930. The summed E-state index contributed by atoms with van der Waals surface area (Å²) < 4.78 is 12.6. The summed E-state index contributed by atoms with van der Waals surface area (Å²) in [6.07, 6.45) is 2.48. The SMILES string of the molecule is COc1cccc([C@H]2C(=C(O)c3c(C)nc4ccccn34)C(=O)C(=O)N2CCCN2CCOCC2)c1. The van der Waals surface area contributed by atoms with Crippen LogP contribution in [0.5, 0.6) is 5.75 Å². The number of rotatable bonds is 7. The lowest BCUT2D eigenvalue weighted by Gasteiger charge is -2.29. The number of aliphatic hydroxyl groups excluding tert-OH is 1. The smallest absolute Gasteiger partial charge is 0.295 e. The predicted molar refractivity (Wildman–Crippen MR) is 134 cm³/mol. The molecule has 0 spiro atoms. The number of morpholine rings is 1. The van der Waals surface area contributed by atoms with E-state index in [9.17, 15) is 14.7 Å². The van der Waals surface area contributed by atoms with Gasteiger partial charge in [0.1, 0.15) is 17.1 Å². The lowest BCUT2D eigenvalue weighted by molar-refractivity contribution is -0.140. The lowest BCUT2D eigenvalue weighted by Crippen LogP contribution is -2.38. The number of aliphatic hydroxyl groups is 1. The number of likely N-dealkylation sites (tertiary alicyclic amines) is 1. The Kier molecular flexibility index (Phi) is 6.75. The Morgan fingerprint density at radius 1 is 1.14 bits per heavy atom. The molecule has 9 heteroatoms. The van der Waals surface area contributed by atoms with Gasteiger partial charge in [0.05, 0.1) is 37.6 Å². The third-order valence-corrected chi connectivity index (χ3v) is 6.86. The number of methoxy groups -OCH3 is 1. The molecule has 2 aliphatic heterocycles. The number of hydrogen-bond donors (Lipinski definition) is 1. The number of Topliss-reactive ketones (excluding diaryl/α,β-unsaturated/α-hetero) is 1. The zero-order chi connectivity index (χ0) is 25.2. The molecule has 5 rings (SSSR count). The number of nitrogens with zero attached hydrogens (tertiary/aromatic N) is 4. The van der Waals surface area contributed by atoms with E-state index in [0.29, 0.717) is 54.5 Å². The van der Waals surface area contributed by atoms with Crippen molar-refractivity contribution in [3.05, 3.63) is 71.2 Å². The fourth-order valence-electron chi connectivity index (χ4n) is 5.08. The number of amides is 1. The molecule has 36 heavy (non-hydrogen) atoms. The second kappa shape index (κ2) is 10.1. The fraction of sp³-hybridized carbons (Fsp3) is 0.370. The average Bonchev–Trinajstić information content (AvgIpc) is 3.37. The van der Waals surface area contributed by atoms with E-state index in [2.05, 4.69) is 9.88 Å². The van der Waals surface area contributed by atoms with Gasteiger partial charge in [0, 0.05) is 32.4 Å². The first-order valence-electron chi connectivity index (χ1n) is 12.2. The number of imidazole rings is 1. The van der Waals surface area contributed by atoms with Gasteiger partial charge in [-0.2, -0.15) is 0 Å². The molecule has 1 atom stereocenters. The number of aryl methyl sites for hydroxylation is 1. The van der Waals surface area contributed by atoms with E-state index >= 15 is 0 Å². The maximum atomic E-state index is 13.4. The predicted octanol–water partition coefficient (Wildman–Crippen LogP) is 2.80. The van der Waals surface area contributed by atoms with E-state index in [0.717, 1.165) is 19.6 Å². The van der Waals surface area contributed by atoms with E-state index in [4.69, 9.17) is 9.47 Å². The minimum absolute atomic E-state index is 0.0633. The molecule has 0 radical (unpaired) electrons. The number of hydrogen-bond acceptors (Lipinski definition) is 7. The molecule has 2 aromatic heterocycles. The largest absolute Gasteiger partial charge is 0.505 e. The molecule has 0 unspecified atom stereocenters. The van der Waals surface area contributed by atoms with Crippen LogP contribution in [-0.4, -0.2) is 82.5 Å². The Bertz CT molecular complexity index is 1320. The monoisotopic (exact) mass is 490 g/mol. The van der Waals surface area contributed by atoms with E-state index in [1.54, 1.807) is 35.6 Å². The second-order valence-corrected chi connectivity index (χ2v) is 9.05. The van der Waals surface area contributed by atoms with Gasteiger partial charge < -0.3 is 19.5 Å². The average molecular weight is 491 g/mol. The first-order valence-corrected chi connectivity index (χ1v) is 12.2. The van der Waals surface area contributed by atoms with Gasteiger partial charge in [-0.15, -0.1) is 0 Å². The molecule has 0 aliphatic carbocycles. The number of ether oxygens (including phenoxy) is 2. The maximum Gasteiger partial charge on any atom is 0.295 e. The summed E-state index contributed by atoms with van der Waals surface area (Å²) in [6.45, 7) is 6.06. The number of aromatic nitrogens is 2. The van der Waals surface area contributed by atoms with Gasteiger partial charge in [0.15, 0.2) is 5.76 Å².